The largest absolute Gasteiger partial charge is 0.481 e. The van der Waals surface area contributed by atoms with Crippen LogP contribution in [0.4, 0.5) is 0 Å². The average molecular weight is 390 g/mol. The van der Waals surface area contributed by atoms with Crippen molar-refractivity contribution in [3.63, 3.8) is 0 Å². The maximum atomic E-state index is 12.5. The lowest BCUT2D eigenvalue weighted by molar-refractivity contribution is -0.165. The van der Waals surface area contributed by atoms with Crippen molar-refractivity contribution in [2.24, 2.45) is 11.3 Å². The normalized spacial score (nSPS) is 15.0. The van der Waals surface area contributed by atoms with E-state index in [-0.39, 0.29) is 32.5 Å². The number of carbonyl (C=O) groups excluding carboxylic acids is 1. The van der Waals surface area contributed by atoms with Gasteiger partial charge in [-0.2, -0.15) is 0 Å². The van der Waals surface area contributed by atoms with Gasteiger partial charge in [-0.3, -0.25) is 14.4 Å². The Morgan fingerprint density at radius 3 is 2.11 bits per heavy atom. The van der Waals surface area contributed by atoms with Crippen LogP contribution in [0, 0.1) is 11.3 Å². The summed E-state index contributed by atoms with van der Waals surface area (Å²) in [6, 6.07) is 0. The highest BCUT2D eigenvalue weighted by atomic mass is 16.6. The molecule has 0 radical (unpaired) electrons. The number of rotatable bonds is 14. The summed E-state index contributed by atoms with van der Waals surface area (Å²) in [5.74, 6) is -3.17. The number of ether oxygens (including phenoxy) is 3. The number of hydrogen-bond acceptors (Lipinski definition) is 6. The second kappa shape index (κ2) is 11.9. The van der Waals surface area contributed by atoms with Crippen LogP contribution in [0.5, 0.6) is 0 Å². The Bertz CT molecular complexity index is 483. The Morgan fingerprint density at radius 2 is 1.63 bits per heavy atom. The molecule has 0 fully saturated rings. The number of hydrogen-bond donors (Lipinski definition) is 2. The van der Waals surface area contributed by atoms with Gasteiger partial charge in [0.15, 0.2) is 0 Å². The van der Waals surface area contributed by atoms with Crippen LogP contribution in [0.25, 0.3) is 0 Å². The van der Waals surface area contributed by atoms with Crippen molar-refractivity contribution in [2.75, 3.05) is 26.9 Å². The molecule has 158 valence electrons. The van der Waals surface area contributed by atoms with Crippen LogP contribution in [0.15, 0.2) is 0 Å². The van der Waals surface area contributed by atoms with Crippen molar-refractivity contribution in [3.8, 4) is 0 Å². The maximum Gasteiger partial charge on any atom is 0.311 e. The molecular weight excluding hydrogens is 356 g/mol. The Balaban J connectivity index is 5.07. The first-order chi connectivity index (χ1) is 12.4. The predicted molar refractivity (Wildman–Crippen MR) is 98.5 cm³/mol. The van der Waals surface area contributed by atoms with E-state index in [4.69, 9.17) is 19.3 Å². The summed E-state index contributed by atoms with van der Waals surface area (Å²) in [5.41, 5.74) is -1.87. The van der Waals surface area contributed by atoms with Gasteiger partial charge in [-0.05, 0) is 47.0 Å². The molecule has 2 N–H and O–H groups in total. The van der Waals surface area contributed by atoms with Crippen molar-refractivity contribution >= 4 is 17.9 Å². The zero-order valence-electron chi connectivity index (χ0n) is 17.1. The van der Waals surface area contributed by atoms with Crippen molar-refractivity contribution < 1.29 is 38.8 Å². The molecule has 27 heavy (non-hydrogen) atoms. The lowest BCUT2D eigenvalue weighted by atomic mass is 9.77. The number of esters is 1. The highest BCUT2D eigenvalue weighted by molar-refractivity contribution is 5.77. The van der Waals surface area contributed by atoms with Gasteiger partial charge < -0.3 is 24.4 Å². The molecule has 0 heterocycles. The van der Waals surface area contributed by atoms with E-state index < -0.39 is 34.8 Å². The first-order valence-corrected chi connectivity index (χ1v) is 9.16. The van der Waals surface area contributed by atoms with Crippen molar-refractivity contribution in [1.29, 1.82) is 0 Å². The van der Waals surface area contributed by atoms with Gasteiger partial charge in [0, 0.05) is 13.5 Å². The molecule has 0 aromatic carbocycles. The van der Waals surface area contributed by atoms with E-state index >= 15 is 0 Å². The number of unbranched alkanes of at least 4 members (excludes halogenated alkanes) is 1. The van der Waals surface area contributed by atoms with E-state index in [1.165, 1.54) is 7.11 Å². The minimum absolute atomic E-state index is 0.00861. The third kappa shape index (κ3) is 11.6. The zero-order valence-corrected chi connectivity index (χ0v) is 17.1. The smallest absolute Gasteiger partial charge is 0.311 e. The van der Waals surface area contributed by atoms with Crippen LogP contribution in [0.1, 0.15) is 59.8 Å². The average Bonchev–Trinajstić information content (AvgIpc) is 2.52. The van der Waals surface area contributed by atoms with E-state index in [1.54, 1.807) is 27.7 Å². The fraction of sp³-hybridized carbons (Fsp3) is 0.842. The van der Waals surface area contributed by atoms with E-state index in [1.807, 2.05) is 0 Å². The second-order valence-electron chi connectivity index (χ2n) is 7.97. The minimum atomic E-state index is -1.18. The molecule has 0 bridgehead atoms. The summed E-state index contributed by atoms with van der Waals surface area (Å²) in [5, 5.41) is 18.4. The molecule has 0 saturated carbocycles. The summed E-state index contributed by atoms with van der Waals surface area (Å²) in [6.07, 6.45) is 1.15. The van der Waals surface area contributed by atoms with Gasteiger partial charge in [0.05, 0.1) is 31.2 Å². The number of aliphatic carboxylic acids is 2. The van der Waals surface area contributed by atoms with Gasteiger partial charge in [-0.1, -0.05) is 6.42 Å². The number of methoxy groups -OCH3 is 1. The monoisotopic (exact) mass is 390 g/mol. The van der Waals surface area contributed by atoms with Crippen molar-refractivity contribution in [1.82, 2.24) is 0 Å². The number of carboxylic acid groups (broad SMARTS) is 2. The molecule has 0 aliphatic heterocycles. The van der Waals surface area contributed by atoms with Crippen LogP contribution >= 0.6 is 0 Å². The fourth-order valence-corrected chi connectivity index (χ4v) is 2.59. The molecule has 2 atom stereocenters. The second-order valence-corrected chi connectivity index (χ2v) is 7.97. The van der Waals surface area contributed by atoms with Crippen LogP contribution in [-0.2, 0) is 28.6 Å². The Kier molecular flexibility index (Phi) is 11.2. The first kappa shape index (κ1) is 25.3. The van der Waals surface area contributed by atoms with Gasteiger partial charge in [-0.25, -0.2) is 0 Å². The molecule has 0 aromatic heterocycles. The summed E-state index contributed by atoms with van der Waals surface area (Å²) in [4.78, 5) is 35.0. The third-order valence-electron chi connectivity index (χ3n) is 4.07. The van der Waals surface area contributed by atoms with Crippen LogP contribution < -0.4 is 0 Å². The highest BCUT2D eigenvalue weighted by Gasteiger charge is 2.39. The molecule has 8 nitrogen and oxygen atoms in total. The fourth-order valence-electron chi connectivity index (χ4n) is 2.59. The molecule has 0 saturated heterocycles. The molecule has 0 amide bonds. The Labute approximate surface area is 161 Å². The van der Waals surface area contributed by atoms with Crippen molar-refractivity contribution in [2.45, 2.75) is 65.4 Å². The van der Waals surface area contributed by atoms with Gasteiger partial charge in [-0.15, -0.1) is 0 Å². The quantitative estimate of drug-likeness (QED) is 0.343. The lowest BCUT2D eigenvalue weighted by Gasteiger charge is -2.30. The van der Waals surface area contributed by atoms with Gasteiger partial charge in [0.2, 0.25) is 0 Å². The molecule has 0 aliphatic carbocycles. The van der Waals surface area contributed by atoms with Crippen molar-refractivity contribution in [3.05, 3.63) is 0 Å². The molecule has 0 aliphatic rings. The predicted octanol–water partition coefficient (Wildman–Crippen LogP) is 2.73. The van der Waals surface area contributed by atoms with E-state index in [0.717, 1.165) is 0 Å². The topological polar surface area (TPSA) is 119 Å². The van der Waals surface area contributed by atoms with E-state index in [9.17, 15) is 19.5 Å². The van der Waals surface area contributed by atoms with E-state index in [2.05, 4.69) is 0 Å². The summed E-state index contributed by atoms with van der Waals surface area (Å²) in [7, 11) is 1.54. The number of carbonyl (C=O) groups is 3. The standard InChI is InChI=1S/C19H34O8/c1-18(2,3)27-16(22)14(13-26-11-10-25-5)12-19(4,17(23)24)9-7-6-8-15(20)21/h14H,6-13H2,1-5H3,(H,20,21)(H,23,24). The van der Waals surface area contributed by atoms with Crippen LogP contribution in [0.3, 0.4) is 0 Å². The maximum absolute atomic E-state index is 12.5. The zero-order chi connectivity index (χ0) is 21.1. The molecule has 0 spiro atoms. The molecule has 0 aromatic rings. The van der Waals surface area contributed by atoms with Gasteiger partial charge >= 0.3 is 17.9 Å². The van der Waals surface area contributed by atoms with Crippen LogP contribution in [-0.4, -0.2) is 60.7 Å². The van der Waals surface area contributed by atoms with Gasteiger partial charge in [0.25, 0.3) is 0 Å². The molecule has 0 rings (SSSR count). The highest BCUT2D eigenvalue weighted by Crippen LogP contribution is 2.34. The molecular formula is C19H34O8. The van der Waals surface area contributed by atoms with E-state index in [0.29, 0.717) is 19.4 Å². The third-order valence-corrected chi connectivity index (χ3v) is 4.07. The van der Waals surface area contributed by atoms with Gasteiger partial charge in [0.1, 0.15) is 5.60 Å². The SMILES string of the molecule is COCCOCC(CC(C)(CCCCC(=O)O)C(=O)O)C(=O)OC(C)(C)C. The first-order valence-electron chi connectivity index (χ1n) is 9.16. The Hall–Kier alpha value is -1.67. The van der Waals surface area contributed by atoms with Crippen LogP contribution in [0.2, 0.25) is 0 Å². The Morgan fingerprint density at radius 1 is 1.00 bits per heavy atom. The lowest BCUT2D eigenvalue weighted by Crippen LogP contribution is -2.37. The summed E-state index contributed by atoms with van der Waals surface area (Å²) in [6.45, 7) is 7.51. The summed E-state index contributed by atoms with van der Waals surface area (Å²) < 4.78 is 15.8. The minimum Gasteiger partial charge on any atom is -0.481 e. The molecule has 8 heteroatoms. The molecule has 2 unspecified atom stereocenters. The summed E-state index contributed by atoms with van der Waals surface area (Å²) >= 11 is 0. The number of carboxylic acids is 2.